The van der Waals surface area contributed by atoms with E-state index in [0.29, 0.717) is 0 Å². The molecule has 0 spiro atoms. The highest BCUT2D eigenvalue weighted by molar-refractivity contribution is 7.11. The van der Waals surface area contributed by atoms with Gasteiger partial charge in [0.05, 0.1) is 0 Å². The molecule has 0 N–H and O–H groups in total. The number of rotatable bonds is 8. The molecule has 42 heavy (non-hydrogen) atoms. The van der Waals surface area contributed by atoms with Crippen molar-refractivity contribution in [3.63, 3.8) is 0 Å². The number of allylic oxidation sites excluding steroid dienone is 4. The molecule has 7 rings (SSSR count). The molecule has 0 bridgehead atoms. The van der Waals surface area contributed by atoms with Crippen molar-refractivity contribution in [2.24, 2.45) is 0 Å². The highest BCUT2D eigenvalue weighted by atomic mass is 32.1. The fourth-order valence-electron chi connectivity index (χ4n) is 6.17. The molecule has 3 aromatic carbocycles. The second kappa shape index (κ2) is 12.1. The predicted octanol–water partition coefficient (Wildman–Crippen LogP) is 10.1. The quantitative estimate of drug-likeness (QED) is 0.175. The molecule has 2 unspecified atom stereocenters. The Morgan fingerprint density at radius 3 is 1.93 bits per heavy atom. The Labute approximate surface area is 258 Å². The summed E-state index contributed by atoms with van der Waals surface area (Å²) in [6.45, 7) is 2.24. The summed E-state index contributed by atoms with van der Waals surface area (Å²) in [6, 6.07) is 30.9. The molecule has 3 nitrogen and oxygen atoms in total. The number of aromatic nitrogens is 3. The summed E-state index contributed by atoms with van der Waals surface area (Å²) in [4.78, 5) is 14.9. The zero-order valence-corrected chi connectivity index (χ0v) is 25.6. The van der Waals surface area contributed by atoms with E-state index in [4.69, 9.17) is 15.0 Å². The average molecular weight is 600 g/mol. The van der Waals surface area contributed by atoms with Crippen LogP contribution < -0.4 is 0 Å². The Morgan fingerprint density at radius 2 is 1.26 bits per heavy atom. The van der Waals surface area contributed by atoms with Crippen LogP contribution >= 0.6 is 34.0 Å². The maximum atomic E-state index is 4.99. The van der Waals surface area contributed by atoms with Crippen LogP contribution in [-0.2, 0) is 6.42 Å². The molecule has 6 heteroatoms. The monoisotopic (exact) mass is 599 g/mol. The molecule has 3 heterocycles. The Hall–Kier alpha value is -3.97. The Morgan fingerprint density at radius 1 is 0.595 bits per heavy atom. The van der Waals surface area contributed by atoms with Crippen molar-refractivity contribution >= 4 is 56.3 Å². The van der Waals surface area contributed by atoms with E-state index in [-0.39, 0.29) is 11.8 Å². The van der Waals surface area contributed by atoms with Crippen molar-refractivity contribution < 1.29 is 0 Å². The van der Waals surface area contributed by atoms with Gasteiger partial charge in [-0.3, -0.25) is 0 Å². The lowest BCUT2D eigenvalue weighted by Crippen LogP contribution is -2.22. The highest BCUT2D eigenvalue weighted by Crippen LogP contribution is 2.61. The molecule has 0 amide bonds. The average Bonchev–Trinajstić information content (AvgIpc) is 3.86. The first-order chi connectivity index (χ1) is 20.8. The van der Waals surface area contributed by atoms with Gasteiger partial charge in [0, 0.05) is 57.7 Å². The zero-order chi connectivity index (χ0) is 28.3. The number of hydrogen-bond donors (Lipinski definition) is 0. The molecule has 206 valence electrons. The zero-order valence-electron chi connectivity index (χ0n) is 23.2. The predicted molar refractivity (Wildman–Crippen MR) is 179 cm³/mol. The van der Waals surface area contributed by atoms with Gasteiger partial charge in [0.2, 0.25) is 0 Å². The van der Waals surface area contributed by atoms with Crippen molar-refractivity contribution in [3.05, 3.63) is 157 Å². The van der Waals surface area contributed by atoms with E-state index in [2.05, 4.69) is 108 Å². The molecule has 0 radical (unpaired) electrons. The SMILES string of the molecule is CCCc1cccc(C2=C(c3nccs3)C(c3ccccc3)C(c3nccs3)C(c3ccccc3)=C2c2nccs2)c1. The number of benzene rings is 3. The van der Waals surface area contributed by atoms with Gasteiger partial charge in [-0.05, 0) is 39.8 Å². The molecular weight excluding hydrogens is 571 g/mol. The van der Waals surface area contributed by atoms with Crippen LogP contribution in [0.1, 0.15) is 62.5 Å². The third kappa shape index (κ3) is 5.00. The Kier molecular flexibility index (Phi) is 7.75. The molecule has 2 atom stereocenters. The first-order valence-electron chi connectivity index (χ1n) is 14.2. The Bertz CT molecular complexity index is 1820. The van der Waals surface area contributed by atoms with Crippen molar-refractivity contribution in [2.75, 3.05) is 0 Å². The van der Waals surface area contributed by atoms with Crippen molar-refractivity contribution in [3.8, 4) is 0 Å². The minimum atomic E-state index is -0.0184. The van der Waals surface area contributed by atoms with E-state index in [9.17, 15) is 0 Å². The van der Waals surface area contributed by atoms with Gasteiger partial charge in [0.15, 0.2) is 0 Å². The minimum absolute atomic E-state index is 0.00671. The van der Waals surface area contributed by atoms with Crippen molar-refractivity contribution in [1.82, 2.24) is 15.0 Å². The van der Waals surface area contributed by atoms with Crippen LogP contribution in [0.4, 0.5) is 0 Å². The fraction of sp³-hybridized carbons (Fsp3) is 0.139. The van der Waals surface area contributed by atoms with Crippen molar-refractivity contribution in [2.45, 2.75) is 31.6 Å². The van der Waals surface area contributed by atoms with E-state index in [0.717, 1.165) is 27.9 Å². The van der Waals surface area contributed by atoms with Crippen LogP contribution in [0.3, 0.4) is 0 Å². The summed E-state index contributed by atoms with van der Waals surface area (Å²) in [7, 11) is 0. The van der Waals surface area contributed by atoms with E-state index in [1.165, 1.54) is 44.5 Å². The lowest BCUT2D eigenvalue weighted by atomic mass is 9.66. The van der Waals surface area contributed by atoms with Gasteiger partial charge in [-0.2, -0.15) is 0 Å². The van der Waals surface area contributed by atoms with Crippen LogP contribution in [0, 0.1) is 0 Å². The lowest BCUT2D eigenvalue weighted by Gasteiger charge is -2.38. The van der Waals surface area contributed by atoms with Crippen LogP contribution in [0.2, 0.25) is 0 Å². The van der Waals surface area contributed by atoms with Crippen LogP contribution in [0.15, 0.2) is 120 Å². The van der Waals surface area contributed by atoms with Gasteiger partial charge in [-0.15, -0.1) is 34.0 Å². The maximum Gasteiger partial charge on any atom is 0.124 e. The van der Waals surface area contributed by atoms with Gasteiger partial charge < -0.3 is 0 Å². The fourth-order valence-corrected chi connectivity index (χ4v) is 8.38. The lowest BCUT2D eigenvalue weighted by molar-refractivity contribution is 0.759. The highest BCUT2D eigenvalue weighted by Gasteiger charge is 2.43. The summed E-state index contributed by atoms with van der Waals surface area (Å²) in [6.07, 6.45) is 7.93. The van der Waals surface area contributed by atoms with Gasteiger partial charge in [0.1, 0.15) is 15.0 Å². The smallest absolute Gasteiger partial charge is 0.124 e. The standard InChI is InChI=1S/C36H29N3S3/c1-2-10-24-11-9-16-27(23-24)30-32(35-38-18-21-41-35)28(25-12-5-3-6-13-25)31(34-37-17-20-40-34)29(26-14-7-4-8-15-26)33(30)36-39-19-22-42-36/h3-9,11-23,28,31H,2,10H2,1H3. The second-order valence-corrected chi connectivity index (χ2v) is 13.0. The summed E-state index contributed by atoms with van der Waals surface area (Å²) < 4.78 is 0. The van der Waals surface area contributed by atoms with Crippen LogP contribution in [-0.4, -0.2) is 15.0 Å². The molecule has 1 aliphatic carbocycles. The van der Waals surface area contributed by atoms with Crippen LogP contribution in [0.5, 0.6) is 0 Å². The molecule has 0 saturated carbocycles. The largest absolute Gasteiger partial charge is 0.249 e. The number of aryl methyl sites for hydroxylation is 1. The third-order valence-electron chi connectivity index (χ3n) is 7.77. The van der Waals surface area contributed by atoms with Crippen molar-refractivity contribution in [1.29, 1.82) is 0 Å². The molecule has 0 fully saturated rings. The van der Waals surface area contributed by atoms with E-state index in [1.54, 1.807) is 34.0 Å². The van der Waals surface area contributed by atoms with Gasteiger partial charge >= 0.3 is 0 Å². The summed E-state index contributed by atoms with van der Waals surface area (Å²) >= 11 is 5.14. The first-order valence-corrected chi connectivity index (χ1v) is 16.8. The number of thiazole rings is 3. The summed E-state index contributed by atoms with van der Waals surface area (Å²) in [5, 5.41) is 9.44. The third-order valence-corrected chi connectivity index (χ3v) is 10.2. The number of hydrogen-bond acceptors (Lipinski definition) is 6. The first kappa shape index (κ1) is 26.9. The summed E-state index contributed by atoms with van der Waals surface area (Å²) in [5.74, 6) is -0.0116. The number of nitrogens with zero attached hydrogens (tertiary/aromatic N) is 3. The van der Waals surface area contributed by atoms with Gasteiger partial charge in [-0.1, -0.05) is 98.3 Å². The van der Waals surface area contributed by atoms with E-state index >= 15 is 0 Å². The van der Waals surface area contributed by atoms with Gasteiger partial charge in [0.25, 0.3) is 0 Å². The molecule has 6 aromatic rings. The Balaban J connectivity index is 1.67. The molecule has 1 aliphatic rings. The minimum Gasteiger partial charge on any atom is -0.249 e. The normalized spacial score (nSPS) is 17.2. The van der Waals surface area contributed by atoms with Gasteiger partial charge in [-0.25, -0.2) is 15.0 Å². The molecule has 3 aromatic heterocycles. The summed E-state index contributed by atoms with van der Waals surface area (Å²) in [5.41, 5.74) is 9.93. The van der Waals surface area contributed by atoms with Crippen LogP contribution in [0.25, 0.3) is 22.3 Å². The molecule has 0 saturated heterocycles. The second-order valence-electron chi connectivity index (χ2n) is 10.3. The van der Waals surface area contributed by atoms with E-state index in [1.807, 2.05) is 18.6 Å². The topological polar surface area (TPSA) is 38.7 Å². The molecule has 0 aliphatic heterocycles. The van der Waals surface area contributed by atoms with E-state index < -0.39 is 0 Å². The molecular formula is C36H29N3S3. The maximum absolute atomic E-state index is 4.99.